The van der Waals surface area contributed by atoms with E-state index in [0.29, 0.717) is 0 Å². The predicted octanol–water partition coefficient (Wildman–Crippen LogP) is -0.393. The number of hydrogen-bond acceptors (Lipinski definition) is 4. The van der Waals surface area contributed by atoms with E-state index in [9.17, 15) is 9.59 Å². The Balaban J connectivity index is 4.94. The smallest absolute Gasteiger partial charge is 0.332 e. The minimum atomic E-state index is -1.32. The Bertz CT molecular complexity index is 260. The molecule has 0 bridgehead atoms. The summed E-state index contributed by atoms with van der Waals surface area (Å²) >= 11 is 0. The molecule has 6 heteroatoms. The van der Waals surface area contributed by atoms with Gasteiger partial charge in [-0.05, 0) is 12.8 Å². The molecule has 0 atom stereocenters. The predicted molar refractivity (Wildman–Crippen MR) is 50.3 cm³/mol. The van der Waals surface area contributed by atoms with Crippen LogP contribution in [0.3, 0.4) is 0 Å². The van der Waals surface area contributed by atoms with Crippen molar-refractivity contribution in [2.45, 2.75) is 19.3 Å². The highest BCUT2D eigenvalue weighted by atomic mass is 16.4. The maximum Gasteiger partial charge on any atom is 0.332 e. The fourth-order valence-electron chi connectivity index (χ4n) is 1.20. The lowest BCUT2D eigenvalue weighted by Crippen LogP contribution is -2.11. The number of aliphatic hydroxyl groups is 2. The van der Waals surface area contributed by atoms with Crippen LogP contribution in [0.5, 0.6) is 0 Å². The van der Waals surface area contributed by atoms with E-state index in [-0.39, 0.29) is 37.2 Å². The Morgan fingerprint density at radius 1 is 0.933 bits per heavy atom. The van der Waals surface area contributed by atoms with Gasteiger partial charge in [0.05, 0.1) is 6.42 Å². The maximum absolute atomic E-state index is 10.7. The van der Waals surface area contributed by atoms with Gasteiger partial charge in [0.1, 0.15) is 0 Å². The van der Waals surface area contributed by atoms with Crippen LogP contribution in [0.1, 0.15) is 19.3 Å². The van der Waals surface area contributed by atoms with E-state index in [0.717, 1.165) is 0 Å². The van der Waals surface area contributed by atoms with E-state index in [2.05, 4.69) is 0 Å². The standard InChI is InChI=1S/C9H14O6/c10-3-1-6(2-4-11)7(9(14)15)5-8(12)13/h10-11H,1-5H2,(H,12,13)(H,14,15). The van der Waals surface area contributed by atoms with Crippen molar-refractivity contribution in [2.24, 2.45) is 0 Å². The lowest BCUT2D eigenvalue weighted by atomic mass is 10.00. The van der Waals surface area contributed by atoms with Crippen LogP contribution in [0.4, 0.5) is 0 Å². The number of hydrogen-bond donors (Lipinski definition) is 4. The summed E-state index contributed by atoms with van der Waals surface area (Å²) in [7, 11) is 0. The lowest BCUT2D eigenvalue weighted by Gasteiger charge is -2.08. The maximum atomic E-state index is 10.7. The van der Waals surface area contributed by atoms with E-state index < -0.39 is 18.4 Å². The van der Waals surface area contributed by atoms with Crippen molar-refractivity contribution >= 4 is 11.9 Å². The average Bonchev–Trinajstić information content (AvgIpc) is 2.13. The van der Waals surface area contributed by atoms with Gasteiger partial charge in [0.15, 0.2) is 0 Å². The second kappa shape index (κ2) is 6.97. The minimum Gasteiger partial charge on any atom is -0.481 e. The molecule has 0 unspecified atom stereocenters. The number of carboxylic acid groups (broad SMARTS) is 2. The van der Waals surface area contributed by atoms with Crippen LogP contribution in [0, 0.1) is 0 Å². The number of rotatable bonds is 7. The molecule has 0 amide bonds. The highest BCUT2D eigenvalue weighted by molar-refractivity contribution is 5.92. The zero-order valence-corrected chi connectivity index (χ0v) is 8.14. The summed E-state index contributed by atoms with van der Waals surface area (Å²) in [5, 5.41) is 34.6. The first kappa shape index (κ1) is 13.6. The van der Waals surface area contributed by atoms with Gasteiger partial charge in [-0.25, -0.2) is 4.79 Å². The Morgan fingerprint density at radius 3 is 1.67 bits per heavy atom. The molecule has 0 rings (SSSR count). The van der Waals surface area contributed by atoms with E-state index in [1.54, 1.807) is 0 Å². The van der Waals surface area contributed by atoms with Crippen LogP contribution in [-0.2, 0) is 9.59 Å². The van der Waals surface area contributed by atoms with E-state index in [1.165, 1.54) is 0 Å². The third-order valence-corrected chi connectivity index (χ3v) is 1.84. The molecule has 0 aliphatic carbocycles. The summed E-state index contributed by atoms with van der Waals surface area (Å²) in [6.45, 7) is -0.544. The SMILES string of the molecule is O=C(O)CC(C(=O)O)=C(CCO)CCO. The van der Waals surface area contributed by atoms with Crippen LogP contribution in [0.15, 0.2) is 11.1 Å². The van der Waals surface area contributed by atoms with Gasteiger partial charge in [-0.2, -0.15) is 0 Å². The molecule has 0 aromatic carbocycles. The molecule has 0 aromatic rings. The first-order chi connectivity index (χ1) is 7.02. The molecule has 0 aromatic heterocycles. The number of aliphatic carboxylic acids is 2. The molecule has 0 saturated carbocycles. The molecular weight excluding hydrogens is 204 g/mol. The summed E-state index contributed by atoms with van der Waals surface area (Å²) in [5.41, 5.74) is 0.0144. The van der Waals surface area contributed by atoms with E-state index in [4.69, 9.17) is 20.4 Å². The first-order valence-corrected chi connectivity index (χ1v) is 4.40. The Labute approximate surface area is 86.5 Å². The molecule has 0 radical (unpaired) electrons. The van der Waals surface area contributed by atoms with Gasteiger partial charge in [-0.1, -0.05) is 5.57 Å². The Morgan fingerprint density at radius 2 is 1.40 bits per heavy atom. The van der Waals surface area contributed by atoms with Crippen LogP contribution >= 0.6 is 0 Å². The molecule has 0 saturated heterocycles. The molecule has 0 aliphatic rings. The van der Waals surface area contributed by atoms with Crippen molar-refractivity contribution in [3.05, 3.63) is 11.1 Å². The average molecular weight is 218 g/mol. The van der Waals surface area contributed by atoms with Gasteiger partial charge in [0, 0.05) is 18.8 Å². The molecular formula is C9H14O6. The van der Waals surface area contributed by atoms with Gasteiger partial charge in [-0.3, -0.25) is 4.79 Å². The summed E-state index contributed by atoms with van der Waals surface area (Å²) in [6.07, 6.45) is -0.477. The molecule has 6 nitrogen and oxygen atoms in total. The van der Waals surface area contributed by atoms with Crippen LogP contribution < -0.4 is 0 Å². The lowest BCUT2D eigenvalue weighted by molar-refractivity contribution is -0.139. The van der Waals surface area contributed by atoms with Crippen molar-refractivity contribution in [2.75, 3.05) is 13.2 Å². The highest BCUT2D eigenvalue weighted by Gasteiger charge is 2.17. The molecule has 0 spiro atoms. The summed E-state index contributed by atoms with van der Waals surface area (Å²) in [5.74, 6) is -2.57. The normalized spacial score (nSPS) is 9.73. The van der Waals surface area contributed by atoms with E-state index in [1.807, 2.05) is 0 Å². The zero-order chi connectivity index (χ0) is 11.8. The second-order valence-electron chi connectivity index (χ2n) is 2.90. The Kier molecular flexibility index (Phi) is 6.32. The molecule has 86 valence electrons. The monoisotopic (exact) mass is 218 g/mol. The topological polar surface area (TPSA) is 115 Å². The van der Waals surface area contributed by atoms with Crippen molar-refractivity contribution in [3.63, 3.8) is 0 Å². The second-order valence-corrected chi connectivity index (χ2v) is 2.90. The molecule has 4 N–H and O–H groups in total. The molecule has 0 heterocycles. The van der Waals surface area contributed by atoms with Gasteiger partial charge in [0.25, 0.3) is 0 Å². The third-order valence-electron chi connectivity index (χ3n) is 1.84. The number of aliphatic hydroxyl groups excluding tert-OH is 2. The third kappa shape index (κ3) is 5.14. The molecule has 0 aliphatic heterocycles. The van der Waals surface area contributed by atoms with Gasteiger partial charge >= 0.3 is 11.9 Å². The van der Waals surface area contributed by atoms with Gasteiger partial charge in [-0.15, -0.1) is 0 Å². The van der Waals surface area contributed by atoms with Gasteiger partial charge < -0.3 is 20.4 Å². The zero-order valence-electron chi connectivity index (χ0n) is 8.14. The van der Waals surface area contributed by atoms with Crippen molar-refractivity contribution < 1.29 is 30.0 Å². The largest absolute Gasteiger partial charge is 0.481 e. The molecule has 0 fully saturated rings. The minimum absolute atomic E-state index is 0.0650. The number of carbonyl (C=O) groups is 2. The summed E-state index contributed by atoms with van der Waals surface area (Å²) in [6, 6.07) is 0. The first-order valence-electron chi connectivity index (χ1n) is 4.40. The fourth-order valence-corrected chi connectivity index (χ4v) is 1.20. The van der Waals surface area contributed by atoms with Crippen molar-refractivity contribution in [1.29, 1.82) is 0 Å². The van der Waals surface area contributed by atoms with Crippen LogP contribution in [0.25, 0.3) is 0 Å². The summed E-state index contributed by atoms with van der Waals surface area (Å²) in [4.78, 5) is 21.1. The van der Waals surface area contributed by atoms with Crippen LogP contribution in [-0.4, -0.2) is 45.6 Å². The van der Waals surface area contributed by atoms with E-state index >= 15 is 0 Å². The Hall–Kier alpha value is -1.40. The highest BCUT2D eigenvalue weighted by Crippen LogP contribution is 2.16. The number of carboxylic acids is 2. The van der Waals surface area contributed by atoms with Gasteiger partial charge in [0.2, 0.25) is 0 Å². The van der Waals surface area contributed by atoms with Crippen molar-refractivity contribution in [3.8, 4) is 0 Å². The molecule has 15 heavy (non-hydrogen) atoms. The van der Waals surface area contributed by atoms with Crippen LogP contribution in [0.2, 0.25) is 0 Å². The summed E-state index contributed by atoms with van der Waals surface area (Å²) < 4.78 is 0. The van der Waals surface area contributed by atoms with Crippen molar-refractivity contribution in [1.82, 2.24) is 0 Å². The quantitative estimate of drug-likeness (QED) is 0.432. The fraction of sp³-hybridized carbons (Fsp3) is 0.556.